The number of thiazole rings is 1. The topological polar surface area (TPSA) is 54.5 Å². The van der Waals surface area contributed by atoms with Crippen molar-refractivity contribution in [1.29, 1.82) is 0 Å². The molecule has 1 fully saturated rings. The molecule has 1 aromatic carbocycles. The van der Waals surface area contributed by atoms with Gasteiger partial charge in [-0.2, -0.15) is 0 Å². The molecule has 0 bridgehead atoms. The average Bonchev–Trinajstić information content (AvgIpc) is 3.24. The quantitative estimate of drug-likeness (QED) is 0.927. The van der Waals surface area contributed by atoms with Crippen LogP contribution in [0.3, 0.4) is 0 Å². The van der Waals surface area contributed by atoms with Gasteiger partial charge in [0.05, 0.1) is 18.9 Å². The van der Waals surface area contributed by atoms with E-state index in [0.29, 0.717) is 5.13 Å². The molecule has 2 heterocycles. The van der Waals surface area contributed by atoms with E-state index < -0.39 is 0 Å². The molecule has 1 aliphatic carbocycles. The second kappa shape index (κ2) is 7.01. The van der Waals surface area contributed by atoms with Crippen LogP contribution in [0.1, 0.15) is 33.6 Å². The largest absolute Gasteiger partial charge is 0.379 e. The molecule has 1 aliphatic heterocycles. The molecule has 1 aromatic heterocycles. The highest BCUT2D eigenvalue weighted by atomic mass is 32.1. The van der Waals surface area contributed by atoms with E-state index in [1.165, 1.54) is 22.5 Å². The minimum Gasteiger partial charge on any atom is -0.379 e. The molecule has 1 N–H and O–H groups in total. The second-order valence-corrected chi connectivity index (χ2v) is 7.14. The molecule has 5 nitrogen and oxygen atoms in total. The molecule has 6 heteroatoms. The van der Waals surface area contributed by atoms with Gasteiger partial charge in [0.25, 0.3) is 5.91 Å². The predicted octanol–water partition coefficient (Wildman–Crippen LogP) is 2.72. The molecule has 2 aliphatic rings. The lowest BCUT2D eigenvalue weighted by atomic mass is 10.0. The number of ether oxygens (including phenoxy) is 1. The number of nitrogens with one attached hydrogen (secondary N) is 1. The van der Waals surface area contributed by atoms with Crippen LogP contribution in [0.15, 0.2) is 23.6 Å². The maximum atomic E-state index is 12.6. The lowest BCUT2D eigenvalue weighted by molar-refractivity contribution is 0.0337. The summed E-state index contributed by atoms with van der Waals surface area (Å²) in [5.41, 5.74) is 4.33. The zero-order valence-electron chi connectivity index (χ0n) is 13.6. The first kappa shape index (κ1) is 15.7. The van der Waals surface area contributed by atoms with Gasteiger partial charge in [0.15, 0.2) is 5.13 Å². The Morgan fingerprint density at radius 2 is 2.17 bits per heavy atom. The van der Waals surface area contributed by atoms with Crippen molar-refractivity contribution in [1.82, 2.24) is 9.88 Å². The van der Waals surface area contributed by atoms with Gasteiger partial charge in [-0.1, -0.05) is 12.1 Å². The molecule has 1 saturated heterocycles. The summed E-state index contributed by atoms with van der Waals surface area (Å²) in [5.74, 6) is -0.0407. The monoisotopic (exact) mass is 343 g/mol. The van der Waals surface area contributed by atoms with E-state index in [-0.39, 0.29) is 5.91 Å². The van der Waals surface area contributed by atoms with Gasteiger partial charge in [-0.05, 0) is 36.5 Å². The fraction of sp³-hybridized carbons (Fsp3) is 0.444. The maximum absolute atomic E-state index is 12.6. The number of hydrogen-bond donors (Lipinski definition) is 1. The second-order valence-electron chi connectivity index (χ2n) is 6.28. The number of fused-ring (bicyclic) bond motifs is 1. The lowest BCUT2D eigenvalue weighted by Gasteiger charge is -2.25. The Bertz CT molecular complexity index is 738. The van der Waals surface area contributed by atoms with Crippen molar-refractivity contribution < 1.29 is 9.53 Å². The molecule has 0 unspecified atom stereocenters. The Morgan fingerprint density at radius 3 is 3.04 bits per heavy atom. The zero-order valence-corrected chi connectivity index (χ0v) is 14.4. The maximum Gasteiger partial charge on any atom is 0.257 e. The van der Waals surface area contributed by atoms with E-state index in [1.54, 1.807) is 0 Å². The van der Waals surface area contributed by atoms with Crippen LogP contribution >= 0.6 is 11.3 Å². The van der Waals surface area contributed by atoms with Gasteiger partial charge in [0.2, 0.25) is 0 Å². The number of anilines is 1. The van der Waals surface area contributed by atoms with E-state index in [0.717, 1.165) is 63.4 Å². The van der Waals surface area contributed by atoms with Crippen molar-refractivity contribution in [3.05, 3.63) is 46.0 Å². The first-order valence-electron chi connectivity index (χ1n) is 8.46. The smallest absolute Gasteiger partial charge is 0.257 e. The predicted molar refractivity (Wildman–Crippen MR) is 94.6 cm³/mol. The number of nitrogens with zero attached hydrogens (tertiary/aromatic N) is 2. The average molecular weight is 343 g/mol. The van der Waals surface area contributed by atoms with Crippen molar-refractivity contribution in [2.75, 3.05) is 31.6 Å². The minimum atomic E-state index is -0.0407. The highest BCUT2D eigenvalue weighted by molar-refractivity contribution is 7.14. The molecule has 0 saturated carbocycles. The molecular weight excluding hydrogens is 322 g/mol. The van der Waals surface area contributed by atoms with Crippen molar-refractivity contribution in [3.8, 4) is 0 Å². The Labute approximate surface area is 145 Å². The standard InChI is InChI=1S/C18H21N3O2S/c22-17(16-6-2-4-13-3-1-5-15(13)16)20-18-19-14(12-24-18)11-21-7-9-23-10-8-21/h2,4,6,12H,1,3,5,7-11H2,(H,19,20,22). The van der Waals surface area contributed by atoms with E-state index >= 15 is 0 Å². The molecule has 0 atom stereocenters. The molecule has 0 radical (unpaired) electrons. The van der Waals surface area contributed by atoms with E-state index in [9.17, 15) is 4.79 Å². The van der Waals surface area contributed by atoms with Crippen LogP contribution in [0, 0.1) is 0 Å². The number of amides is 1. The SMILES string of the molecule is O=C(Nc1nc(CN2CCOCC2)cs1)c1cccc2c1CCC2. The lowest BCUT2D eigenvalue weighted by Crippen LogP contribution is -2.35. The summed E-state index contributed by atoms with van der Waals surface area (Å²) in [6.45, 7) is 4.26. The third kappa shape index (κ3) is 3.36. The normalized spacial score (nSPS) is 17.7. The first-order valence-corrected chi connectivity index (χ1v) is 9.34. The summed E-state index contributed by atoms with van der Waals surface area (Å²) in [6.07, 6.45) is 3.22. The van der Waals surface area contributed by atoms with Crippen molar-refractivity contribution >= 4 is 22.4 Å². The summed E-state index contributed by atoms with van der Waals surface area (Å²) < 4.78 is 5.36. The van der Waals surface area contributed by atoms with Crippen molar-refractivity contribution in [3.63, 3.8) is 0 Å². The number of carbonyl (C=O) groups is 1. The molecule has 126 valence electrons. The number of carbonyl (C=O) groups excluding carboxylic acids is 1. The van der Waals surface area contributed by atoms with Gasteiger partial charge in [-0.25, -0.2) is 4.98 Å². The minimum absolute atomic E-state index is 0.0407. The van der Waals surface area contributed by atoms with Crippen molar-refractivity contribution in [2.24, 2.45) is 0 Å². The van der Waals surface area contributed by atoms with E-state index in [4.69, 9.17) is 4.74 Å². The summed E-state index contributed by atoms with van der Waals surface area (Å²) >= 11 is 1.49. The third-order valence-corrected chi connectivity index (χ3v) is 5.46. The van der Waals surface area contributed by atoms with E-state index in [2.05, 4.69) is 21.3 Å². The number of rotatable bonds is 4. The van der Waals surface area contributed by atoms with Crippen LogP contribution in [0.2, 0.25) is 0 Å². The van der Waals surface area contributed by atoms with Crippen LogP contribution in [-0.2, 0) is 24.1 Å². The Balaban J connectivity index is 1.42. The Kier molecular flexibility index (Phi) is 4.60. The number of benzene rings is 1. The number of aryl methyl sites for hydroxylation is 1. The van der Waals surface area contributed by atoms with Gasteiger partial charge in [-0.3, -0.25) is 15.0 Å². The summed E-state index contributed by atoms with van der Waals surface area (Å²) in [6, 6.07) is 6.02. The molecule has 1 amide bonds. The van der Waals surface area contributed by atoms with Crippen LogP contribution < -0.4 is 5.32 Å². The van der Waals surface area contributed by atoms with Gasteiger partial charge in [0, 0.05) is 30.6 Å². The van der Waals surface area contributed by atoms with Crippen molar-refractivity contribution in [2.45, 2.75) is 25.8 Å². The first-order chi connectivity index (χ1) is 11.8. The summed E-state index contributed by atoms with van der Waals surface area (Å²) in [5, 5.41) is 5.68. The van der Waals surface area contributed by atoms with Gasteiger partial charge < -0.3 is 4.74 Å². The van der Waals surface area contributed by atoms with Gasteiger partial charge in [-0.15, -0.1) is 11.3 Å². The fourth-order valence-electron chi connectivity index (χ4n) is 3.42. The molecule has 24 heavy (non-hydrogen) atoms. The van der Waals surface area contributed by atoms with E-state index in [1.807, 2.05) is 17.5 Å². The molecule has 4 rings (SSSR count). The van der Waals surface area contributed by atoms with Crippen LogP contribution in [0.25, 0.3) is 0 Å². The van der Waals surface area contributed by atoms with Gasteiger partial charge in [0.1, 0.15) is 0 Å². The summed E-state index contributed by atoms with van der Waals surface area (Å²) in [7, 11) is 0. The highest BCUT2D eigenvalue weighted by Gasteiger charge is 2.19. The zero-order chi connectivity index (χ0) is 16.4. The fourth-order valence-corrected chi connectivity index (χ4v) is 4.12. The number of aromatic nitrogens is 1. The molecular formula is C18H21N3O2S. The Morgan fingerprint density at radius 1 is 1.29 bits per heavy atom. The molecule has 0 spiro atoms. The highest BCUT2D eigenvalue weighted by Crippen LogP contribution is 2.26. The van der Waals surface area contributed by atoms with Crippen LogP contribution in [-0.4, -0.2) is 42.1 Å². The number of hydrogen-bond acceptors (Lipinski definition) is 5. The summed E-state index contributed by atoms with van der Waals surface area (Å²) in [4.78, 5) is 19.5. The van der Waals surface area contributed by atoms with Gasteiger partial charge >= 0.3 is 0 Å². The molecule has 2 aromatic rings. The van der Waals surface area contributed by atoms with Crippen LogP contribution in [0.4, 0.5) is 5.13 Å². The number of morpholine rings is 1. The third-order valence-electron chi connectivity index (χ3n) is 4.65. The Hall–Kier alpha value is -1.76. The van der Waals surface area contributed by atoms with Crippen LogP contribution in [0.5, 0.6) is 0 Å².